The molecule has 7 nitrogen and oxygen atoms in total. The number of nitrogens with zero attached hydrogens (tertiary/aromatic N) is 2. The lowest BCUT2D eigenvalue weighted by molar-refractivity contribution is 0.323. The lowest BCUT2D eigenvalue weighted by Gasteiger charge is -2.18. The van der Waals surface area contributed by atoms with E-state index >= 15 is 0 Å². The topological polar surface area (TPSA) is 96.0 Å². The SMILES string of the molecule is COc1cc(C(N=O)c2cc(-c3nccs3)ccc2N)cc(OC)c1OC. The summed E-state index contributed by atoms with van der Waals surface area (Å²) in [5, 5.41) is 6.05. The van der Waals surface area contributed by atoms with Gasteiger partial charge in [-0.3, -0.25) is 0 Å². The van der Waals surface area contributed by atoms with E-state index in [4.69, 9.17) is 19.9 Å². The van der Waals surface area contributed by atoms with Gasteiger partial charge in [0.05, 0.1) is 21.3 Å². The molecule has 1 unspecified atom stereocenters. The number of anilines is 1. The first kappa shape index (κ1) is 18.7. The normalized spacial score (nSPS) is 11.7. The maximum Gasteiger partial charge on any atom is 0.203 e. The molecule has 0 aliphatic heterocycles. The standard InChI is InChI=1S/C19H19N3O4S/c1-24-15-9-12(10-16(25-2)18(15)26-3)17(22-23)13-8-11(4-5-14(13)20)19-21-6-7-27-19/h4-10,17H,20H2,1-3H3. The van der Waals surface area contributed by atoms with Crippen molar-refractivity contribution >= 4 is 17.0 Å². The van der Waals surface area contributed by atoms with Crippen LogP contribution in [0.1, 0.15) is 17.2 Å². The largest absolute Gasteiger partial charge is 0.493 e. The molecule has 0 spiro atoms. The number of thiazole rings is 1. The molecule has 1 aromatic heterocycles. The highest BCUT2D eigenvalue weighted by Gasteiger charge is 2.23. The molecule has 2 N–H and O–H groups in total. The smallest absolute Gasteiger partial charge is 0.203 e. The second-order valence-electron chi connectivity index (χ2n) is 5.65. The van der Waals surface area contributed by atoms with Gasteiger partial charge in [0.25, 0.3) is 0 Å². The molecule has 1 heterocycles. The van der Waals surface area contributed by atoms with Crippen LogP contribution in [0, 0.1) is 4.91 Å². The van der Waals surface area contributed by atoms with Crippen molar-refractivity contribution in [2.24, 2.45) is 5.18 Å². The van der Waals surface area contributed by atoms with Crippen molar-refractivity contribution in [2.45, 2.75) is 6.04 Å². The number of nitrogen functional groups attached to an aromatic ring is 1. The third-order valence-electron chi connectivity index (χ3n) is 4.17. The number of hydrogen-bond acceptors (Lipinski definition) is 8. The van der Waals surface area contributed by atoms with Gasteiger partial charge >= 0.3 is 0 Å². The summed E-state index contributed by atoms with van der Waals surface area (Å²) in [4.78, 5) is 16.1. The fraction of sp³-hybridized carbons (Fsp3) is 0.211. The van der Waals surface area contributed by atoms with Gasteiger partial charge in [0, 0.05) is 28.4 Å². The summed E-state index contributed by atoms with van der Waals surface area (Å²) in [6.45, 7) is 0. The molecule has 0 bridgehead atoms. The van der Waals surface area contributed by atoms with Crippen LogP contribution in [0.5, 0.6) is 17.2 Å². The Labute approximate surface area is 160 Å². The highest BCUT2D eigenvalue weighted by molar-refractivity contribution is 7.13. The van der Waals surface area contributed by atoms with Crippen molar-refractivity contribution in [3.63, 3.8) is 0 Å². The van der Waals surface area contributed by atoms with E-state index < -0.39 is 6.04 Å². The summed E-state index contributed by atoms with van der Waals surface area (Å²) >= 11 is 1.51. The fourth-order valence-electron chi connectivity index (χ4n) is 2.87. The summed E-state index contributed by atoms with van der Waals surface area (Å²) in [5.74, 6) is 1.32. The Morgan fingerprint density at radius 3 is 2.30 bits per heavy atom. The van der Waals surface area contributed by atoms with E-state index in [9.17, 15) is 4.91 Å². The van der Waals surface area contributed by atoms with Gasteiger partial charge in [0.15, 0.2) is 11.5 Å². The van der Waals surface area contributed by atoms with E-state index in [1.807, 2.05) is 17.5 Å². The lowest BCUT2D eigenvalue weighted by Crippen LogP contribution is -2.04. The molecular weight excluding hydrogens is 366 g/mol. The molecule has 0 radical (unpaired) electrons. The third kappa shape index (κ3) is 3.56. The third-order valence-corrected chi connectivity index (χ3v) is 4.99. The molecule has 0 saturated carbocycles. The minimum atomic E-state index is -0.835. The van der Waals surface area contributed by atoms with Crippen LogP contribution < -0.4 is 19.9 Å². The van der Waals surface area contributed by atoms with E-state index in [1.54, 1.807) is 24.4 Å². The van der Waals surface area contributed by atoms with Gasteiger partial charge in [-0.2, -0.15) is 0 Å². The Morgan fingerprint density at radius 2 is 1.78 bits per heavy atom. The molecular formula is C19H19N3O4S. The van der Waals surface area contributed by atoms with Crippen LogP contribution in [-0.2, 0) is 0 Å². The second kappa shape index (κ2) is 8.05. The zero-order valence-electron chi connectivity index (χ0n) is 15.1. The number of nitrogens with two attached hydrogens (primary N) is 1. The summed E-state index contributed by atoms with van der Waals surface area (Å²) < 4.78 is 16.1. The summed E-state index contributed by atoms with van der Waals surface area (Å²) in [7, 11) is 4.55. The van der Waals surface area contributed by atoms with E-state index in [2.05, 4.69) is 10.2 Å². The molecule has 8 heteroatoms. The predicted octanol–water partition coefficient (Wildman–Crippen LogP) is 4.27. The average Bonchev–Trinajstić information content (AvgIpc) is 3.23. The maximum absolute atomic E-state index is 11.8. The first-order valence-corrected chi connectivity index (χ1v) is 8.92. The highest BCUT2D eigenvalue weighted by atomic mass is 32.1. The number of rotatable bonds is 7. The Hall–Kier alpha value is -3.13. The molecule has 0 fully saturated rings. The predicted molar refractivity (Wildman–Crippen MR) is 106 cm³/mol. The lowest BCUT2D eigenvalue weighted by atomic mass is 9.95. The van der Waals surface area contributed by atoms with Crippen molar-refractivity contribution < 1.29 is 14.2 Å². The molecule has 0 saturated heterocycles. The summed E-state index contributed by atoms with van der Waals surface area (Å²) in [5.41, 5.74) is 8.66. The van der Waals surface area contributed by atoms with Gasteiger partial charge in [-0.05, 0) is 35.9 Å². The van der Waals surface area contributed by atoms with Crippen LogP contribution >= 0.6 is 11.3 Å². The number of ether oxygens (including phenoxy) is 3. The van der Waals surface area contributed by atoms with Gasteiger partial charge in [-0.25, -0.2) is 4.98 Å². The Morgan fingerprint density at radius 1 is 1.07 bits per heavy atom. The Bertz CT molecular complexity index is 919. The number of nitroso groups, excluding NO2 is 1. The average molecular weight is 385 g/mol. The summed E-state index contributed by atoms with van der Waals surface area (Å²) in [6.07, 6.45) is 1.73. The number of hydrogen-bond donors (Lipinski definition) is 1. The van der Waals surface area contributed by atoms with Crippen molar-refractivity contribution in [3.05, 3.63) is 57.9 Å². The monoisotopic (exact) mass is 385 g/mol. The van der Waals surface area contributed by atoms with E-state index in [-0.39, 0.29) is 0 Å². The quantitative estimate of drug-likeness (QED) is 0.482. The van der Waals surface area contributed by atoms with Crippen LogP contribution in [0.2, 0.25) is 0 Å². The van der Waals surface area contributed by atoms with Crippen molar-refractivity contribution in [2.75, 3.05) is 27.1 Å². The van der Waals surface area contributed by atoms with Gasteiger partial charge in [-0.15, -0.1) is 16.2 Å². The summed E-state index contributed by atoms with van der Waals surface area (Å²) in [6, 6.07) is 8.02. The van der Waals surface area contributed by atoms with E-state index in [0.717, 1.165) is 10.6 Å². The number of benzene rings is 2. The maximum atomic E-state index is 11.8. The van der Waals surface area contributed by atoms with E-state index in [0.29, 0.717) is 34.1 Å². The molecule has 2 aromatic carbocycles. The van der Waals surface area contributed by atoms with Crippen molar-refractivity contribution in [3.8, 4) is 27.8 Å². The zero-order valence-corrected chi connectivity index (χ0v) is 15.9. The van der Waals surface area contributed by atoms with Gasteiger partial charge in [0.1, 0.15) is 11.0 Å². The minimum Gasteiger partial charge on any atom is -0.493 e. The minimum absolute atomic E-state index is 0.440. The molecule has 140 valence electrons. The first-order valence-electron chi connectivity index (χ1n) is 8.04. The second-order valence-corrected chi connectivity index (χ2v) is 6.54. The van der Waals surface area contributed by atoms with Crippen LogP contribution in [0.25, 0.3) is 10.6 Å². The molecule has 0 aliphatic rings. The molecule has 0 aliphatic carbocycles. The fourth-order valence-corrected chi connectivity index (χ4v) is 3.50. The molecule has 3 rings (SSSR count). The van der Waals surface area contributed by atoms with Gasteiger partial charge < -0.3 is 19.9 Å². The van der Waals surface area contributed by atoms with Crippen molar-refractivity contribution in [1.82, 2.24) is 4.98 Å². The Kier molecular flexibility index (Phi) is 5.56. The van der Waals surface area contributed by atoms with Crippen molar-refractivity contribution in [1.29, 1.82) is 0 Å². The molecule has 27 heavy (non-hydrogen) atoms. The van der Waals surface area contributed by atoms with Crippen LogP contribution in [-0.4, -0.2) is 26.3 Å². The molecule has 3 aromatic rings. The number of aromatic nitrogens is 1. The van der Waals surface area contributed by atoms with Crippen LogP contribution in [0.15, 0.2) is 47.1 Å². The molecule has 1 atom stereocenters. The van der Waals surface area contributed by atoms with Gasteiger partial charge in [0.2, 0.25) is 5.75 Å². The number of methoxy groups -OCH3 is 3. The molecule has 0 amide bonds. The van der Waals surface area contributed by atoms with E-state index in [1.165, 1.54) is 32.7 Å². The zero-order chi connectivity index (χ0) is 19.4. The highest BCUT2D eigenvalue weighted by Crippen LogP contribution is 2.43. The van der Waals surface area contributed by atoms with Crippen LogP contribution in [0.3, 0.4) is 0 Å². The van der Waals surface area contributed by atoms with Gasteiger partial charge in [-0.1, -0.05) is 5.18 Å². The van der Waals surface area contributed by atoms with Crippen LogP contribution in [0.4, 0.5) is 5.69 Å². The first-order chi connectivity index (χ1) is 13.1. The Balaban J connectivity index is 2.13.